The van der Waals surface area contributed by atoms with E-state index in [1.54, 1.807) is 0 Å². The topological polar surface area (TPSA) is 122 Å². The molecule has 1 aromatic carbocycles. The van der Waals surface area contributed by atoms with Crippen molar-refractivity contribution < 1.29 is 22.1 Å². The molecule has 124 valence electrons. The molecule has 23 heavy (non-hydrogen) atoms. The van der Waals surface area contributed by atoms with Gasteiger partial charge in [-0.3, -0.25) is 4.18 Å². The Labute approximate surface area is 133 Å². The number of hydrogen-bond acceptors (Lipinski definition) is 5. The molecule has 1 amide bonds. The van der Waals surface area contributed by atoms with E-state index in [-0.39, 0.29) is 6.61 Å². The van der Waals surface area contributed by atoms with E-state index in [2.05, 4.69) is 9.43 Å². The molecule has 0 aliphatic carbocycles. The van der Waals surface area contributed by atoms with Crippen LogP contribution in [0, 0.1) is 0 Å². The third-order valence-electron chi connectivity index (χ3n) is 3.30. The van der Waals surface area contributed by atoms with Gasteiger partial charge in [0.05, 0.1) is 10.6 Å². The lowest BCUT2D eigenvalue weighted by Crippen LogP contribution is -2.41. The van der Waals surface area contributed by atoms with E-state index in [0.29, 0.717) is 25.9 Å². The van der Waals surface area contributed by atoms with E-state index < -0.39 is 22.5 Å². The third kappa shape index (κ3) is 5.44. The number of azide groups is 1. The molecule has 0 bridgehead atoms. The van der Waals surface area contributed by atoms with Crippen LogP contribution in [0.15, 0.2) is 34.9 Å². The molecular formula is C13H16N4O5S. The molecule has 2 rings (SSSR count). The van der Waals surface area contributed by atoms with Crippen LogP contribution in [0.2, 0.25) is 0 Å². The number of piperidine rings is 1. The third-order valence-corrected chi connectivity index (χ3v) is 4.09. The van der Waals surface area contributed by atoms with Crippen LogP contribution in [0.3, 0.4) is 0 Å². The Morgan fingerprint density at radius 3 is 2.57 bits per heavy atom. The summed E-state index contributed by atoms with van der Waals surface area (Å²) in [5.41, 5.74) is 9.02. The van der Waals surface area contributed by atoms with Crippen LogP contribution < -0.4 is 0 Å². The average Bonchev–Trinajstić information content (AvgIpc) is 2.54. The first-order valence-corrected chi connectivity index (χ1v) is 8.32. The Kier molecular flexibility index (Phi) is 5.80. The van der Waals surface area contributed by atoms with Gasteiger partial charge in [0, 0.05) is 18.0 Å². The van der Waals surface area contributed by atoms with E-state index in [0.717, 1.165) is 5.56 Å². The predicted octanol–water partition coefficient (Wildman–Crippen LogP) is 2.36. The highest BCUT2D eigenvalue weighted by Gasteiger charge is 2.27. The summed E-state index contributed by atoms with van der Waals surface area (Å²) in [6, 6.07) is 9.30. The van der Waals surface area contributed by atoms with Crippen molar-refractivity contribution in [2.75, 3.05) is 13.1 Å². The number of amides is 1. The smallest absolute Gasteiger partial charge is 0.410 e. The summed E-state index contributed by atoms with van der Waals surface area (Å²) in [4.78, 5) is 15.6. The molecule has 1 aromatic rings. The van der Waals surface area contributed by atoms with Crippen molar-refractivity contribution in [2.24, 2.45) is 4.52 Å². The van der Waals surface area contributed by atoms with Crippen LogP contribution in [0.25, 0.3) is 10.4 Å². The lowest BCUT2D eigenvalue weighted by Gasteiger charge is -2.30. The first-order chi connectivity index (χ1) is 11.0. The quantitative estimate of drug-likeness (QED) is 0.462. The van der Waals surface area contributed by atoms with Crippen LogP contribution in [0.5, 0.6) is 0 Å². The summed E-state index contributed by atoms with van der Waals surface area (Å²) in [5.74, 6) is 0. The zero-order valence-electron chi connectivity index (χ0n) is 12.2. The maximum atomic E-state index is 11.9. The first-order valence-electron chi connectivity index (χ1n) is 6.95. The van der Waals surface area contributed by atoms with E-state index in [4.69, 9.17) is 14.5 Å². The second kappa shape index (κ2) is 7.82. The summed E-state index contributed by atoms with van der Waals surface area (Å²) < 4.78 is 35.0. The van der Waals surface area contributed by atoms with Crippen LogP contribution in [0.4, 0.5) is 4.79 Å². The minimum Gasteiger partial charge on any atom is -0.445 e. The maximum absolute atomic E-state index is 11.9. The van der Waals surface area contributed by atoms with Gasteiger partial charge in [-0.15, -0.1) is 0 Å². The second-order valence-electron chi connectivity index (χ2n) is 4.92. The second-order valence-corrected chi connectivity index (χ2v) is 6.13. The van der Waals surface area contributed by atoms with Crippen molar-refractivity contribution in [3.63, 3.8) is 0 Å². The highest BCUT2D eigenvalue weighted by atomic mass is 32.2. The van der Waals surface area contributed by atoms with Crippen molar-refractivity contribution in [2.45, 2.75) is 25.6 Å². The number of hydrogen-bond donors (Lipinski definition) is 0. The number of nitrogens with zero attached hydrogens (tertiary/aromatic N) is 4. The predicted molar refractivity (Wildman–Crippen MR) is 80.4 cm³/mol. The molecule has 1 aliphatic rings. The van der Waals surface area contributed by atoms with Crippen molar-refractivity contribution in [3.8, 4) is 0 Å². The first kappa shape index (κ1) is 17.1. The standard InChI is InChI=1S/C13H16N4O5S/c14-15-16-23(19,20)22-12-6-8-17(9-7-12)13(18)21-10-11-4-2-1-3-5-11/h1-5,12H,6-10H2. The molecule has 0 radical (unpaired) electrons. The molecule has 0 N–H and O–H groups in total. The zero-order chi connectivity index (χ0) is 16.7. The van der Waals surface area contributed by atoms with Crippen LogP contribution >= 0.6 is 0 Å². The van der Waals surface area contributed by atoms with Crippen LogP contribution in [-0.4, -0.2) is 38.6 Å². The highest BCUT2D eigenvalue weighted by Crippen LogP contribution is 2.17. The minimum absolute atomic E-state index is 0.182. The average molecular weight is 340 g/mol. The molecule has 1 fully saturated rings. The summed E-state index contributed by atoms with van der Waals surface area (Å²) in [6.45, 7) is 0.801. The van der Waals surface area contributed by atoms with Gasteiger partial charge in [0.2, 0.25) is 0 Å². The fourth-order valence-corrected chi connectivity index (χ4v) is 2.85. The molecule has 1 aliphatic heterocycles. The molecule has 10 heteroatoms. The minimum atomic E-state index is -4.24. The molecule has 0 saturated carbocycles. The Morgan fingerprint density at radius 1 is 1.30 bits per heavy atom. The zero-order valence-corrected chi connectivity index (χ0v) is 13.1. The van der Waals surface area contributed by atoms with Gasteiger partial charge in [0.1, 0.15) is 6.61 Å². The monoisotopic (exact) mass is 340 g/mol. The van der Waals surface area contributed by atoms with E-state index in [9.17, 15) is 13.2 Å². The fraction of sp³-hybridized carbons (Fsp3) is 0.462. The number of likely N-dealkylation sites (tertiary alicyclic amines) is 1. The Morgan fingerprint density at radius 2 is 1.96 bits per heavy atom. The van der Waals surface area contributed by atoms with E-state index in [1.165, 1.54) is 4.90 Å². The van der Waals surface area contributed by atoms with Gasteiger partial charge < -0.3 is 9.64 Å². The molecule has 1 saturated heterocycles. The van der Waals surface area contributed by atoms with Crippen molar-refractivity contribution in [1.82, 2.24) is 4.90 Å². The van der Waals surface area contributed by atoms with Gasteiger partial charge in [-0.05, 0) is 23.9 Å². The lowest BCUT2D eigenvalue weighted by atomic mass is 10.1. The van der Waals surface area contributed by atoms with Gasteiger partial charge in [-0.2, -0.15) is 8.42 Å². The van der Waals surface area contributed by atoms with E-state index >= 15 is 0 Å². The number of carbonyl (C=O) groups excluding carboxylic acids is 1. The van der Waals surface area contributed by atoms with Crippen molar-refractivity contribution >= 4 is 16.4 Å². The van der Waals surface area contributed by atoms with Gasteiger partial charge in [0.15, 0.2) is 0 Å². The highest BCUT2D eigenvalue weighted by molar-refractivity contribution is 7.85. The number of rotatable bonds is 5. The maximum Gasteiger partial charge on any atom is 0.410 e. The Balaban J connectivity index is 1.77. The molecule has 0 atom stereocenters. The molecule has 1 heterocycles. The number of ether oxygens (including phenoxy) is 1. The lowest BCUT2D eigenvalue weighted by molar-refractivity contribution is 0.0658. The SMILES string of the molecule is [N-]=[N+]=NS(=O)(=O)OC1CCN(C(=O)OCc2ccccc2)CC1. The largest absolute Gasteiger partial charge is 0.445 e. The van der Waals surface area contributed by atoms with Crippen molar-refractivity contribution in [1.29, 1.82) is 0 Å². The summed E-state index contributed by atoms with van der Waals surface area (Å²) in [6.07, 6.45) is -0.421. The summed E-state index contributed by atoms with van der Waals surface area (Å²) >= 11 is 0. The van der Waals surface area contributed by atoms with E-state index in [1.807, 2.05) is 30.3 Å². The Hall–Kier alpha value is -2.29. The van der Waals surface area contributed by atoms with Crippen LogP contribution in [-0.2, 0) is 25.8 Å². The molecular weight excluding hydrogens is 324 g/mol. The molecule has 0 unspecified atom stereocenters. The number of carbonyl (C=O) groups is 1. The Bertz CT molecular complexity index is 680. The van der Waals surface area contributed by atoms with Gasteiger partial charge in [0.25, 0.3) is 0 Å². The molecule has 0 spiro atoms. The fourth-order valence-electron chi connectivity index (χ4n) is 2.18. The van der Waals surface area contributed by atoms with Crippen molar-refractivity contribution in [3.05, 3.63) is 46.3 Å². The van der Waals surface area contributed by atoms with Gasteiger partial charge in [-0.1, -0.05) is 30.3 Å². The summed E-state index contributed by atoms with van der Waals surface area (Å²) in [7, 11) is -4.24. The van der Waals surface area contributed by atoms with Crippen LogP contribution in [0.1, 0.15) is 18.4 Å². The molecule has 0 aromatic heterocycles. The van der Waals surface area contributed by atoms with Gasteiger partial charge in [-0.25, -0.2) is 4.79 Å². The summed E-state index contributed by atoms with van der Waals surface area (Å²) in [5, 5.41) is 0. The normalized spacial score (nSPS) is 15.7. The van der Waals surface area contributed by atoms with Gasteiger partial charge >= 0.3 is 16.4 Å². The number of benzene rings is 1. The molecule has 9 nitrogen and oxygen atoms in total.